The highest BCUT2D eigenvalue weighted by atomic mass is 16.5. The Morgan fingerprint density at radius 3 is 2.60 bits per heavy atom. The fraction of sp³-hybridized carbons (Fsp3) is 0.519. The number of ketones is 1. The zero-order chi connectivity index (χ0) is 21.1. The van der Waals surface area contributed by atoms with Crippen molar-refractivity contribution >= 4 is 5.78 Å². The zero-order valence-electron chi connectivity index (χ0n) is 18.1. The van der Waals surface area contributed by atoms with Gasteiger partial charge in [0.05, 0.1) is 0 Å². The summed E-state index contributed by atoms with van der Waals surface area (Å²) in [4.78, 5) is 11.9. The van der Waals surface area contributed by atoms with E-state index in [4.69, 9.17) is 4.74 Å². The van der Waals surface area contributed by atoms with Gasteiger partial charge in [0.25, 0.3) is 0 Å². The average molecular weight is 405 g/mol. The minimum absolute atomic E-state index is 0.0175. The summed E-state index contributed by atoms with van der Waals surface area (Å²) in [6.45, 7) is 8.78. The van der Waals surface area contributed by atoms with Crippen LogP contribution in [-0.4, -0.2) is 16.5 Å². The molecule has 3 fully saturated rings. The van der Waals surface area contributed by atoms with E-state index in [9.17, 15) is 9.90 Å². The minimum atomic E-state index is -1.01. The molecule has 30 heavy (non-hydrogen) atoms. The summed E-state index contributed by atoms with van der Waals surface area (Å²) in [7, 11) is 0. The molecule has 5 rings (SSSR count). The molecular weight excluding hydrogens is 372 g/mol. The molecule has 0 spiro atoms. The molecule has 0 bridgehead atoms. The lowest BCUT2D eigenvalue weighted by Crippen LogP contribution is -2.55. The van der Waals surface area contributed by atoms with Crippen LogP contribution in [0.3, 0.4) is 0 Å². The van der Waals surface area contributed by atoms with Crippen molar-refractivity contribution in [3.05, 3.63) is 66.5 Å². The fourth-order valence-corrected chi connectivity index (χ4v) is 7.39. The van der Waals surface area contributed by atoms with Crippen LogP contribution < -0.4 is 4.74 Å². The smallest absolute Gasteiger partial charge is 0.178 e. The Morgan fingerprint density at radius 1 is 1.10 bits per heavy atom. The van der Waals surface area contributed by atoms with Crippen LogP contribution in [-0.2, 0) is 4.79 Å². The van der Waals surface area contributed by atoms with E-state index in [1.54, 1.807) is 6.08 Å². The highest BCUT2D eigenvalue weighted by Crippen LogP contribution is 2.67. The van der Waals surface area contributed by atoms with E-state index in [0.29, 0.717) is 29.9 Å². The second-order valence-corrected chi connectivity index (χ2v) is 10.3. The SMILES string of the molecule is C=C(Oc1ccccc1)[C@@]1(O)CC[C@H]2[C@@H]3CCC4=CC(=O)C=C[C@]4(C)[C@H]3CC[C@@]21C. The van der Waals surface area contributed by atoms with Crippen LogP contribution >= 0.6 is 0 Å². The van der Waals surface area contributed by atoms with Crippen molar-refractivity contribution in [2.24, 2.45) is 28.6 Å². The lowest BCUT2D eigenvalue weighted by atomic mass is 9.47. The molecule has 3 nitrogen and oxygen atoms in total. The third-order valence-corrected chi connectivity index (χ3v) is 9.15. The Bertz CT molecular complexity index is 944. The third-order valence-electron chi connectivity index (χ3n) is 9.15. The van der Waals surface area contributed by atoms with Gasteiger partial charge in [0.2, 0.25) is 0 Å². The topological polar surface area (TPSA) is 46.5 Å². The summed E-state index contributed by atoms with van der Waals surface area (Å²) in [6.07, 6.45) is 11.6. The molecule has 4 aliphatic rings. The van der Waals surface area contributed by atoms with Crippen molar-refractivity contribution in [1.82, 2.24) is 0 Å². The number of ether oxygens (including phenoxy) is 1. The molecule has 0 aliphatic heterocycles. The maximum absolute atomic E-state index is 11.9. The molecule has 0 amide bonds. The van der Waals surface area contributed by atoms with Crippen LogP contribution in [0.4, 0.5) is 0 Å². The maximum Gasteiger partial charge on any atom is 0.178 e. The summed E-state index contributed by atoms with van der Waals surface area (Å²) in [5, 5.41) is 11.9. The number of carbonyl (C=O) groups excluding carboxylic acids is 1. The van der Waals surface area contributed by atoms with E-state index >= 15 is 0 Å². The summed E-state index contributed by atoms with van der Waals surface area (Å²) in [5.74, 6) is 2.89. The summed E-state index contributed by atoms with van der Waals surface area (Å²) >= 11 is 0. The second kappa shape index (κ2) is 6.68. The Balaban J connectivity index is 1.43. The first-order valence-corrected chi connectivity index (χ1v) is 11.4. The standard InChI is InChI=1S/C27H32O3/c1-18(30-21-7-5-4-6-8-21)27(29)16-13-24-22-10-9-19-17-20(28)11-14-25(19,2)23(22)12-15-26(24,27)3/h4-8,11,14,17,22-24,29H,1,9-10,12-13,15-16H2,2-3H3/t22-,23+,24+,25+,26+,27+/m1/s1. The van der Waals surface area contributed by atoms with Crippen LogP contribution in [0, 0.1) is 28.6 Å². The van der Waals surface area contributed by atoms with Crippen LogP contribution in [0.1, 0.15) is 52.4 Å². The number of allylic oxidation sites excluding steroid dienone is 4. The van der Waals surface area contributed by atoms with E-state index in [2.05, 4.69) is 26.5 Å². The molecule has 0 radical (unpaired) electrons. The molecule has 6 atom stereocenters. The molecule has 3 heteroatoms. The number of fused-ring (bicyclic) bond motifs is 5. The highest BCUT2D eigenvalue weighted by molar-refractivity contribution is 6.01. The molecule has 158 valence electrons. The van der Waals surface area contributed by atoms with Gasteiger partial charge in [-0.3, -0.25) is 4.79 Å². The van der Waals surface area contributed by atoms with Gasteiger partial charge in [0, 0.05) is 10.8 Å². The van der Waals surface area contributed by atoms with Crippen molar-refractivity contribution in [2.75, 3.05) is 0 Å². The number of benzene rings is 1. The van der Waals surface area contributed by atoms with E-state index in [1.807, 2.05) is 36.4 Å². The summed E-state index contributed by atoms with van der Waals surface area (Å²) in [6, 6.07) is 9.65. The van der Waals surface area contributed by atoms with Gasteiger partial charge in [-0.05, 0) is 80.6 Å². The van der Waals surface area contributed by atoms with Crippen LogP contribution in [0.5, 0.6) is 5.75 Å². The fourth-order valence-electron chi connectivity index (χ4n) is 7.39. The van der Waals surface area contributed by atoms with Crippen molar-refractivity contribution in [2.45, 2.75) is 58.0 Å². The molecule has 0 aromatic heterocycles. The van der Waals surface area contributed by atoms with Gasteiger partial charge in [0.15, 0.2) is 5.78 Å². The van der Waals surface area contributed by atoms with Gasteiger partial charge in [-0.15, -0.1) is 0 Å². The normalized spacial score (nSPS) is 42.0. The van der Waals surface area contributed by atoms with Gasteiger partial charge in [0.1, 0.15) is 17.1 Å². The van der Waals surface area contributed by atoms with E-state index < -0.39 is 5.60 Å². The number of para-hydroxylation sites is 1. The Hall–Kier alpha value is -2.13. The summed E-state index contributed by atoms with van der Waals surface area (Å²) in [5.41, 5.74) is 0.0562. The lowest BCUT2D eigenvalue weighted by Gasteiger charge is -2.58. The second-order valence-electron chi connectivity index (χ2n) is 10.3. The lowest BCUT2D eigenvalue weighted by molar-refractivity contribution is -0.116. The van der Waals surface area contributed by atoms with E-state index in [1.165, 1.54) is 5.57 Å². The van der Waals surface area contributed by atoms with Crippen molar-refractivity contribution in [3.8, 4) is 5.75 Å². The van der Waals surface area contributed by atoms with Crippen LogP contribution in [0.15, 0.2) is 66.5 Å². The molecule has 4 aliphatic carbocycles. The first-order valence-electron chi connectivity index (χ1n) is 11.4. The Morgan fingerprint density at radius 2 is 1.83 bits per heavy atom. The van der Waals surface area contributed by atoms with E-state index in [0.717, 1.165) is 37.9 Å². The molecule has 3 saturated carbocycles. The van der Waals surface area contributed by atoms with Gasteiger partial charge in [-0.25, -0.2) is 0 Å². The number of carbonyl (C=O) groups is 1. The number of hydrogen-bond acceptors (Lipinski definition) is 3. The van der Waals surface area contributed by atoms with Gasteiger partial charge >= 0.3 is 0 Å². The molecule has 0 heterocycles. The minimum Gasteiger partial charge on any atom is -0.459 e. The van der Waals surface area contributed by atoms with Gasteiger partial charge in [-0.2, -0.15) is 0 Å². The average Bonchev–Trinajstić information content (AvgIpc) is 3.01. The largest absolute Gasteiger partial charge is 0.459 e. The molecule has 0 unspecified atom stereocenters. The van der Waals surface area contributed by atoms with Gasteiger partial charge < -0.3 is 9.84 Å². The Labute approximate surface area is 179 Å². The van der Waals surface area contributed by atoms with Gasteiger partial charge in [-0.1, -0.05) is 50.3 Å². The van der Waals surface area contributed by atoms with Crippen LogP contribution in [0.2, 0.25) is 0 Å². The predicted molar refractivity (Wildman–Crippen MR) is 118 cm³/mol. The molecule has 1 aromatic carbocycles. The van der Waals surface area contributed by atoms with Crippen molar-refractivity contribution in [1.29, 1.82) is 0 Å². The first-order chi connectivity index (χ1) is 14.3. The number of hydrogen-bond donors (Lipinski definition) is 1. The third kappa shape index (κ3) is 2.64. The monoisotopic (exact) mass is 404 g/mol. The van der Waals surface area contributed by atoms with E-state index in [-0.39, 0.29) is 16.6 Å². The number of aliphatic hydroxyl groups is 1. The van der Waals surface area contributed by atoms with Crippen molar-refractivity contribution in [3.63, 3.8) is 0 Å². The molecular formula is C27H32O3. The molecule has 1 aromatic rings. The number of rotatable bonds is 3. The summed E-state index contributed by atoms with van der Waals surface area (Å²) < 4.78 is 6.07. The highest BCUT2D eigenvalue weighted by Gasteiger charge is 2.65. The first kappa shape index (κ1) is 19.8. The maximum atomic E-state index is 11.9. The van der Waals surface area contributed by atoms with Crippen LogP contribution in [0.25, 0.3) is 0 Å². The molecule has 1 N–H and O–H groups in total. The quantitative estimate of drug-likeness (QED) is 0.665. The zero-order valence-corrected chi connectivity index (χ0v) is 18.1. The molecule has 0 saturated heterocycles. The van der Waals surface area contributed by atoms with Crippen molar-refractivity contribution < 1.29 is 14.6 Å². The Kier molecular flexibility index (Phi) is 4.41. The predicted octanol–water partition coefficient (Wildman–Crippen LogP) is 5.62.